The quantitative estimate of drug-likeness (QED) is 0.676. The van der Waals surface area contributed by atoms with Gasteiger partial charge in [0.05, 0.1) is 22.3 Å². The maximum absolute atomic E-state index is 13.7. The van der Waals surface area contributed by atoms with Gasteiger partial charge >= 0.3 is 5.97 Å². The Bertz CT molecular complexity index is 940. The second-order valence-electron chi connectivity index (χ2n) is 6.14. The van der Waals surface area contributed by atoms with Gasteiger partial charge in [-0.15, -0.1) is 0 Å². The highest BCUT2D eigenvalue weighted by atomic mass is 79.9. The van der Waals surface area contributed by atoms with Crippen LogP contribution >= 0.6 is 27.5 Å². The first-order valence-electron chi connectivity index (χ1n) is 8.31. The van der Waals surface area contributed by atoms with Gasteiger partial charge in [-0.1, -0.05) is 39.7 Å². The molecule has 1 unspecified atom stereocenters. The number of para-hydroxylation sites is 1. The fourth-order valence-corrected chi connectivity index (χ4v) is 3.37. The normalized spacial score (nSPS) is 16.2. The van der Waals surface area contributed by atoms with Crippen molar-refractivity contribution in [1.82, 2.24) is 0 Å². The van der Waals surface area contributed by atoms with E-state index in [2.05, 4.69) is 21.2 Å². The Kier molecular flexibility index (Phi) is 6.31. The third-order valence-corrected chi connectivity index (χ3v) is 4.97. The molecule has 1 fully saturated rings. The first kappa shape index (κ1) is 20.3. The highest BCUT2D eigenvalue weighted by Crippen LogP contribution is 2.31. The van der Waals surface area contributed by atoms with E-state index >= 15 is 0 Å². The summed E-state index contributed by atoms with van der Waals surface area (Å²) in [6.45, 7) is -0.463. The van der Waals surface area contributed by atoms with Crippen LogP contribution in [0.15, 0.2) is 46.9 Å². The van der Waals surface area contributed by atoms with Crippen LogP contribution < -0.4 is 10.2 Å². The number of nitrogens with one attached hydrogen (secondary N) is 1. The zero-order chi connectivity index (χ0) is 20.3. The minimum absolute atomic E-state index is 0.0230. The number of carbonyl (C=O) groups excluding carboxylic acids is 3. The number of anilines is 2. The number of amides is 2. The Labute approximate surface area is 173 Å². The second kappa shape index (κ2) is 8.70. The molecule has 0 saturated carbocycles. The average Bonchev–Trinajstić information content (AvgIpc) is 3.04. The predicted octanol–water partition coefficient (Wildman–Crippen LogP) is 3.78. The molecule has 2 aromatic carbocycles. The van der Waals surface area contributed by atoms with Crippen LogP contribution in [0.2, 0.25) is 5.02 Å². The number of hydrogen-bond donors (Lipinski definition) is 1. The summed E-state index contributed by atoms with van der Waals surface area (Å²) >= 11 is 9.22. The minimum Gasteiger partial charge on any atom is -0.455 e. The molecule has 0 aromatic heterocycles. The zero-order valence-electron chi connectivity index (χ0n) is 14.5. The summed E-state index contributed by atoms with van der Waals surface area (Å²) in [6.07, 6.45) is -0.0347. The number of rotatable bonds is 5. The van der Waals surface area contributed by atoms with Crippen molar-refractivity contribution in [3.05, 3.63) is 57.8 Å². The predicted molar refractivity (Wildman–Crippen MR) is 106 cm³/mol. The maximum atomic E-state index is 13.7. The van der Waals surface area contributed by atoms with Gasteiger partial charge in [0.25, 0.3) is 5.91 Å². The van der Waals surface area contributed by atoms with E-state index in [4.69, 9.17) is 16.3 Å². The Morgan fingerprint density at radius 3 is 2.75 bits per heavy atom. The van der Waals surface area contributed by atoms with Crippen molar-refractivity contribution in [3.8, 4) is 0 Å². The number of nitrogens with zero attached hydrogens (tertiary/aromatic N) is 1. The van der Waals surface area contributed by atoms with Gasteiger partial charge in [-0.25, -0.2) is 4.39 Å². The van der Waals surface area contributed by atoms with Crippen molar-refractivity contribution in [2.24, 2.45) is 5.92 Å². The molecule has 1 saturated heterocycles. The number of hydrogen-bond acceptors (Lipinski definition) is 4. The SMILES string of the molecule is O=C(COC(=O)C1CC(=O)N(c2ccccc2Cl)C1)Nc1ccc(Br)cc1F. The van der Waals surface area contributed by atoms with Crippen molar-refractivity contribution in [2.45, 2.75) is 6.42 Å². The molecule has 9 heteroatoms. The van der Waals surface area contributed by atoms with Gasteiger partial charge in [0.2, 0.25) is 5.91 Å². The molecule has 6 nitrogen and oxygen atoms in total. The van der Waals surface area contributed by atoms with Crippen LogP contribution in [0.3, 0.4) is 0 Å². The Morgan fingerprint density at radius 1 is 1.29 bits per heavy atom. The van der Waals surface area contributed by atoms with E-state index in [0.29, 0.717) is 15.2 Å². The summed E-state index contributed by atoms with van der Waals surface area (Å²) in [6, 6.07) is 11.0. The molecule has 0 spiro atoms. The van der Waals surface area contributed by atoms with Gasteiger partial charge in [-0.3, -0.25) is 14.4 Å². The topological polar surface area (TPSA) is 75.7 Å². The van der Waals surface area contributed by atoms with E-state index < -0.39 is 30.2 Å². The van der Waals surface area contributed by atoms with Crippen molar-refractivity contribution >= 4 is 56.7 Å². The number of carbonyl (C=O) groups is 3. The van der Waals surface area contributed by atoms with Crippen LogP contribution in [0.25, 0.3) is 0 Å². The molecular formula is C19H15BrClFN2O4. The van der Waals surface area contributed by atoms with Gasteiger partial charge in [-0.2, -0.15) is 0 Å². The molecular weight excluding hydrogens is 455 g/mol. The molecule has 146 valence electrons. The lowest BCUT2D eigenvalue weighted by atomic mass is 10.1. The summed E-state index contributed by atoms with van der Waals surface area (Å²) in [4.78, 5) is 37.8. The molecule has 3 rings (SSSR count). The van der Waals surface area contributed by atoms with Crippen molar-refractivity contribution in [2.75, 3.05) is 23.4 Å². The zero-order valence-corrected chi connectivity index (χ0v) is 16.8. The number of halogens is 3. The molecule has 1 N–H and O–H groups in total. The third-order valence-electron chi connectivity index (χ3n) is 4.15. The van der Waals surface area contributed by atoms with Gasteiger partial charge < -0.3 is 15.0 Å². The average molecular weight is 470 g/mol. The number of esters is 1. The maximum Gasteiger partial charge on any atom is 0.311 e. The highest BCUT2D eigenvalue weighted by molar-refractivity contribution is 9.10. The molecule has 2 amide bonds. The first-order chi connectivity index (χ1) is 13.3. The molecule has 2 aromatic rings. The first-order valence-corrected chi connectivity index (χ1v) is 9.48. The lowest BCUT2D eigenvalue weighted by Gasteiger charge is -2.17. The van der Waals surface area contributed by atoms with Gasteiger partial charge in [0.1, 0.15) is 5.82 Å². The fraction of sp³-hybridized carbons (Fsp3) is 0.211. The molecule has 0 aliphatic carbocycles. The number of ether oxygens (including phenoxy) is 1. The summed E-state index contributed by atoms with van der Waals surface area (Å²) in [5.41, 5.74) is 0.498. The van der Waals surface area contributed by atoms with Crippen LogP contribution in [0.1, 0.15) is 6.42 Å². The van der Waals surface area contributed by atoms with Crippen LogP contribution in [0, 0.1) is 11.7 Å². The lowest BCUT2D eigenvalue weighted by Crippen LogP contribution is -2.28. The molecule has 0 bridgehead atoms. The van der Waals surface area contributed by atoms with Gasteiger partial charge in [-0.05, 0) is 30.3 Å². The second-order valence-corrected chi connectivity index (χ2v) is 7.46. The summed E-state index contributed by atoms with van der Waals surface area (Å²) in [5, 5.41) is 2.73. The van der Waals surface area contributed by atoms with Crippen molar-refractivity contribution < 1.29 is 23.5 Å². The van der Waals surface area contributed by atoms with E-state index in [9.17, 15) is 18.8 Å². The van der Waals surface area contributed by atoms with Crippen molar-refractivity contribution in [1.29, 1.82) is 0 Å². The van der Waals surface area contributed by atoms with E-state index in [1.807, 2.05) is 0 Å². The van der Waals surface area contributed by atoms with E-state index in [1.54, 1.807) is 30.3 Å². The van der Waals surface area contributed by atoms with Crippen molar-refractivity contribution in [3.63, 3.8) is 0 Å². The summed E-state index contributed by atoms with van der Waals surface area (Å²) in [5.74, 6) is -2.93. The number of benzene rings is 2. The van der Waals surface area contributed by atoms with Crippen LogP contribution in [0.4, 0.5) is 15.8 Å². The highest BCUT2D eigenvalue weighted by Gasteiger charge is 2.37. The van der Waals surface area contributed by atoms with E-state index in [1.165, 1.54) is 17.0 Å². The molecule has 1 aliphatic heterocycles. The van der Waals surface area contributed by atoms with Crippen LogP contribution in [0.5, 0.6) is 0 Å². The Morgan fingerprint density at radius 2 is 2.04 bits per heavy atom. The lowest BCUT2D eigenvalue weighted by molar-refractivity contribution is -0.151. The van der Waals surface area contributed by atoms with Gasteiger partial charge in [0.15, 0.2) is 6.61 Å². The molecule has 1 heterocycles. The third kappa shape index (κ3) is 4.69. The summed E-state index contributed by atoms with van der Waals surface area (Å²) in [7, 11) is 0. The fourth-order valence-electron chi connectivity index (χ4n) is 2.80. The standard InChI is InChI=1S/C19H15BrClFN2O4/c20-12-5-6-15(14(22)8-12)23-17(25)10-28-19(27)11-7-18(26)24(9-11)16-4-2-1-3-13(16)21/h1-6,8,11H,7,9-10H2,(H,23,25). The molecule has 0 radical (unpaired) electrons. The van der Waals surface area contributed by atoms with E-state index in [0.717, 1.165) is 0 Å². The van der Waals surface area contributed by atoms with Crippen LogP contribution in [-0.2, 0) is 19.1 Å². The summed E-state index contributed by atoms with van der Waals surface area (Å²) < 4.78 is 19.3. The Hall–Kier alpha value is -2.45. The van der Waals surface area contributed by atoms with Crippen LogP contribution in [-0.4, -0.2) is 30.9 Å². The monoisotopic (exact) mass is 468 g/mol. The smallest absolute Gasteiger partial charge is 0.311 e. The van der Waals surface area contributed by atoms with Gasteiger partial charge in [0, 0.05) is 17.4 Å². The Balaban J connectivity index is 1.54. The minimum atomic E-state index is -0.707. The molecule has 28 heavy (non-hydrogen) atoms. The van der Waals surface area contributed by atoms with E-state index in [-0.39, 0.29) is 24.6 Å². The largest absolute Gasteiger partial charge is 0.455 e. The molecule has 1 aliphatic rings. The molecule has 1 atom stereocenters.